The van der Waals surface area contributed by atoms with Gasteiger partial charge in [0.05, 0.1) is 25.0 Å². The molecule has 0 radical (unpaired) electrons. The highest BCUT2D eigenvalue weighted by atomic mass is 16.5. The number of ether oxygens (including phenoxy) is 2. The number of nitrogens with zero attached hydrogens (tertiary/aromatic N) is 1. The number of aryl methyl sites for hydroxylation is 1. The second kappa shape index (κ2) is 10.2. The van der Waals surface area contributed by atoms with Crippen molar-refractivity contribution in [2.45, 2.75) is 69.4 Å². The van der Waals surface area contributed by atoms with E-state index >= 15 is 0 Å². The van der Waals surface area contributed by atoms with Gasteiger partial charge in [-0.05, 0) is 49.6 Å². The largest absolute Gasteiger partial charge is 0.497 e. The minimum Gasteiger partial charge on any atom is -0.497 e. The van der Waals surface area contributed by atoms with Crippen LogP contribution in [0, 0.1) is 18.8 Å². The number of benzene rings is 2. The molecule has 2 bridgehead atoms. The summed E-state index contributed by atoms with van der Waals surface area (Å²) >= 11 is 0. The highest BCUT2D eigenvalue weighted by Crippen LogP contribution is 2.55. The van der Waals surface area contributed by atoms with Crippen LogP contribution >= 0.6 is 0 Å². The van der Waals surface area contributed by atoms with Crippen LogP contribution in [0.25, 0.3) is 0 Å². The quantitative estimate of drug-likeness (QED) is 0.533. The first-order chi connectivity index (χ1) is 18.9. The molecule has 1 aliphatic carbocycles. The summed E-state index contributed by atoms with van der Waals surface area (Å²) in [4.78, 5) is 43.3. The van der Waals surface area contributed by atoms with Gasteiger partial charge in [0.25, 0.3) is 0 Å². The molecule has 6 rings (SSSR count). The smallest absolute Gasteiger partial charge is 0.246 e. The van der Waals surface area contributed by atoms with Crippen LogP contribution in [0.1, 0.15) is 43.2 Å². The first-order valence-corrected chi connectivity index (χ1v) is 13.9. The molecule has 2 N–H and O–H groups in total. The number of fused-ring (bicyclic) bond motifs is 1. The van der Waals surface area contributed by atoms with Crippen LogP contribution < -0.4 is 15.4 Å². The molecular formula is C31H35N3O5. The van der Waals surface area contributed by atoms with E-state index in [1.165, 1.54) is 6.42 Å². The Hall–Kier alpha value is -3.65. The van der Waals surface area contributed by atoms with Gasteiger partial charge in [-0.25, -0.2) is 0 Å². The number of carbonyl (C=O) groups is 3. The fourth-order valence-corrected chi connectivity index (χ4v) is 6.75. The van der Waals surface area contributed by atoms with E-state index in [0.29, 0.717) is 11.4 Å². The van der Waals surface area contributed by atoms with Gasteiger partial charge in [-0.15, -0.1) is 0 Å². The Morgan fingerprint density at radius 3 is 2.44 bits per heavy atom. The number of likely N-dealkylation sites (tertiary alicyclic amines) is 1. The first-order valence-electron chi connectivity index (χ1n) is 13.9. The summed E-state index contributed by atoms with van der Waals surface area (Å²) in [5, 5.41) is 6.18. The van der Waals surface area contributed by atoms with Crippen LogP contribution in [0.2, 0.25) is 0 Å². The Balaban J connectivity index is 1.30. The summed E-state index contributed by atoms with van der Waals surface area (Å²) in [5.41, 5.74) is 1.48. The molecule has 204 valence electrons. The van der Waals surface area contributed by atoms with E-state index in [1.807, 2.05) is 43.3 Å². The third-order valence-corrected chi connectivity index (χ3v) is 8.71. The SMILES string of the molecule is COc1ccc(NC(=O)[C@H]2[C@@H]3C=C[C@]4(O3)[C@@H]2C(=O)N(Cc2ccc(C)cc2)[C@@H]4C(=O)NC2CCCCC2)cc1. The molecule has 3 heterocycles. The lowest BCUT2D eigenvalue weighted by atomic mass is 9.74. The molecule has 0 unspecified atom stereocenters. The number of hydrogen-bond acceptors (Lipinski definition) is 5. The monoisotopic (exact) mass is 529 g/mol. The normalized spacial score (nSPS) is 29.4. The molecule has 2 aromatic carbocycles. The number of hydrogen-bond donors (Lipinski definition) is 2. The molecule has 1 spiro atoms. The van der Waals surface area contributed by atoms with E-state index < -0.39 is 29.6 Å². The van der Waals surface area contributed by atoms with Crippen LogP contribution in [0.5, 0.6) is 5.75 Å². The van der Waals surface area contributed by atoms with E-state index in [2.05, 4.69) is 10.6 Å². The molecule has 8 heteroatoms. The van der Waals surface area contributed by atoms with Crippen molar-refractivity contribution in [2.24, 2.45) is 11.8 Å². The zero-order chi connectivity index (χ0) is 27.1. The minimum atomic E-state index is -1.17. The average Bonchev–Trinajstić information content (AvgIpc) is 3.58. The molecule has 8 nitrogen and oxygen atoms in total. The number of rotatable bonds is 7. The summed E-state index contributed by atoms with van der Waals surface area (Å²) in [6.45, 7) is 2.28. The second-order valence-electron chi connectivity index (χ2n) is 11.2. The summed E-state index contributed by atoms with van der Waals surface area (Å²) in [5.74, 6) is -1.55. The van der Waals surface area contributed by atoms with E-state index in [9.17, 15) is 14.4 Å². The van der Waals surface area contributed by atoms with Crippen LogP contribution in [0.4, 0.5) is 5.69 Å². The van der Waals surface area contributed by atoms with Gasteiger partial charge < -0.3 is 25.0 Å². The van der Waals surface area contributed by atoms with Gasteiger partial charge in [-0.1, -0.05) is 61.2 Å². The maximum atomic E-state index is 14.1. The molecule has 3 amide bonds. The van der Waals surface area contributed by atoms with E-state index in [4.69, 9.17) is 9.47 Å². The Labute approximate surface area is 228 Å². The molecular weight excluding hydrogens is 494 g/mol. The van der Waals surface area contributed by atoms with Crippen molar-refractivity contribution in [3.63, 3.8) is 0 Å². The van der Waals surface area contributed by atoms with Gasteiger partial charge in [-0.2, -0.15) is 0 Å². The third kappa shape index (κ3) is 4.50. The number of carbonyl (C=O) groups excluding carboxylic acids is 3. The van der Waals surface area contributed by atoms with Gasteiger partial charge in [0, 0.05) is 18.3 Å². The fourth-order valence-electron chi connectivity index (χ4n) is 6.75. The maximum absolute atomic E-state index is 14.1. The minimum absolute atomic E-state index is 0.0924. The molecule has 5 atom stereocenters. The summed E-state index contributed by atoms with van der Waals surface area (Å²) in [6, 6.07) is 14.3. The van der Waals surface area contributed by atoms with Crippen molar-refractivity contribution in [3.05, 3.63) is 71.8 Å². The van der Waals surface area contributed by atoms with E-state index in [0.717, 1.165) is 36.8 Å². The molecule has 0 aromatic heterocycles. The number of nitrogens with one attached hydrogen (secondary N) is 2. The molecule has 3 fully saturated rings. The molecule has 2 aromatic rings. The van der Waals surface area contributed by atoms with Gasteiger partial charge in [0.15, 0.2) is 0 Å². The summed E-state index contributed by atoms with van der Waals surface area (Å²) in [6.07, 6.45) is 8.36. The molecule has 2 saturated heterocycles. The number of methoxy groups -OCH3 is 1. The summed E-state index contributed by atoms with van der Waals surface area (Å²) in [7, 11) is 1.58. The number of anilines is 1. The van der Waals surface area contributed by atoms with Gasteiger partial charge in [-0.3, -0.25) is 14.4 Å². The van der Waals surface area contributed by atoms with Crippen molar-refractivity contribution in [2.75, 3.05) is 12.4 Å². The zero-order valence-corrected chi connectivity index (χ0v) is 22.4. The summed E-state index contributed by atoms with van der Waals surface area (Å²) < 4.78 is 11.7. The maximum Gasteiger partial charge on any atom is 0.246 e. The fraction of sp³-hybridized carbons (Fsp3) is 0.452. The Kier molecular flexibility index (Phi) is 6.67. The average molecular weight is 530 g/mol. The van der Waals surface area contributed by atoms with Crippen molar-refractivity contribution in [1.82, 2.24) is 10.2 Å². The predicted octanol–water partition coefficient (Wildman–Crippen LogP) is 3.74. The van der Waals surface area contributed by atoms with Gasteiger partial charge >= 0.3 is 0 Å². The van der Waals surface area contributed by atoms with Crippen molar-refractivity contribution in [3.8, 4) is 5.75 Å². The van der Waals surface area contributed by atoms with Crippen molar-refractivity contribution in [1.29, 1.82) is 0 Å². The molecule has 39 heavy (non-hydrogen) atoms. The highest BCUT2D eigenvalue weighted by molar-refractivity contribution is 6.02. The van der Waals surface area contributed by atoms with Gasteiger partial charge in [0.1, 0.15) is 17.4 Å². The van der Waals surface area contributed by atoms with Crippen molar-refractivity contribution < 1.29 is 23.9 Å². The molecule has 3 aliphatic heterocycles. The number of amides is 3. The van der Waals surface area contributed by atoms with Crippen LogP contribution in [0.15, 0.2) is 60.7 Å². The topological polar surface area (TPSA) is 97.0 Å². The van der Waals surface area contributed by atoms with Crippen LogP contribution in [-0.2, 0) is 25.7 Å². The second-order valence-corrected chi connectivity index (χ2v) is 11.2. The van der Waals surface area contributed by atoms with Crippen LogP contribution in [-0.4, -0.2) is 53.5 Å². The van der Waals surface area contributed by atoms with Crippen molar-refractivity contribution >= 4 is 23.4 Å². The molecule has 4 aliphatic rings. The zero-order valence-electron chi connectivity index (χ0n) is 22.4. The standard InChI is InChI=1S/C31H35N3O5/c1-19-8-10-20(11-9-19)18-34-27(29(36)33-21-6-4-3-5-7-21)31-17-16-24(39-31)25(26(31)30(34)37)28(35)32-22-12-14-23(38-2)15-13-22/h8-17,21,24-27H,3-7,18H2,1-2H3,(H,32,35)(H,33,36)/t24-,25-,26-,27+,31-/m0/s1. The lowest BCUT2D eigenvalue weighted by molar-refractivity contribution is -0.142. The Bertz CT molecular complexity index is 1280. The van der Waals surface area contributed by atoms with E-state index in [-0.39, 0.29) is 30.3 Å². The lowest BCUT2D eigenvalue weighted by Gasteiger charge is -2.34. The lowest BCUT2D eigenvalue weighted by Crippen LogP contribution is -2.56. The van der Waals surface area contributed by atoms with Gasteiger partial charge in [0.2, 0.25) is 17.7 Å². The Morgan fingerprint density at radius 2 is 1.74 bits per heavy atom. The van der Waals surface area contributed by atoms with E-state index in [1.54, 1.807) is 36.3 Å². The first kappa shape index (κ1) is 25.6. The molecule has 1 saturated carbocycles. The predicted molar refractivity (Wildman–Crippen MR) is 146 cm³/mol. The Morgan fingerprint density at radius 1 is 1.03 bits per heavy atom. The third-order valence-electron chi connectivity index (χ3n) is 8.71. The highest BCUT2D eigenvalue weighted by Gasteiger charge is 2.72. The van der Waals surface area contributed by atoms with Crippen LogP contribution in [0.3, 0.4) is 0 Å².